The number of sulfone groups is 1. The van der Waals surface area contributed by atoms with Gasteiger partial charge in [0.2, 0.25) is 0 Å². The lowest BCUT2D eigenvalue weighted by Crippen LogP contribution is -2.52. The highest BCUT2D eigenvalue weighted by Gasteiger charge is 2.53. The fraction of sp³-hybridized carbons (Fsp3) is 0.591. The maximum absolute atomic E-state index is 12.9. The normalized spacial score (nSPS) is 23.4. The highest BCUT2D eigenvalue weighted by molar-refractivity contribution is 7.91. The van der Waals surface area contributed by atoms with Gasteiger partial charge in [0, 0.05) is 11.6 Å². The maximum atomic E-state index is 12.9. The largest absolute Gasteiger partial charge is 0.349 e. The van der Waals surface area contributed by atoms with E-state index in [1.807, 2.05) is 0 Å². The molecule has 1 aromatic rings. The summed E-state index contributed by atoms with van der Waals surface area (Å²) in [6, 6.07) is 6.64. The zero-order valence-electron chi connectivity index (χ0n) is 17.6. The third kappa shape index (κ3) is 4.76. The molecule has 4 rings (SSSR count). The molecule has 2 heterocycles. The second-order valence-electron chi connectivity index (χ2n) is 8.91. The van der Waals surface area contributed by atoms with Crippen LogP contribution in [0.5, 0.6) is 0 Å². The molecule has 31 heavy (non-hydrogen) atoms. The predicted octanol–water partition coefficient (Wildman–Crippen LogP) is 2.14. The molecule has 9 heteroatoms. The first-order valence-corrected chi connectivity index (χ1v) is 12.8. The van der Waals surface area contributed by atoms with Crippen LogP contribution in [0, 0.1) is 0 Å². The number of hydrogen-bond acceptors (Lipinski definition) is 5. The number of nitrogens with one attached hydrogen (secondary N) is 2. The molecule has 168 valence electrons. The van der Waals surface area contributed by atoms with Crippen molar-refractivity contribution in [1.29, 1.82) is 0 Å². The van der Waals surface area contributed by atoms with Gasteiger partial charge in [-0.2, -0.15) is 0 Å². The topological polar surface area (TPSA) is 113 Å². The van der Waals surface area contributed by atoms with Crippen molar-refractivity contribution in [2.75, 3.05) is 11.5 Å². The minimum atomic E-state index is -3.15. The molecular weight excluding hydrogens is 418 g/mol. The average molecular weight is 448 g/mol. The Bertz CT molecular complexity index is 951. The van der Waals surface area contributed by atoms with E-state index in [1.165, 1.54) is 12.8 Å². The van der Waals surface area contributed by atoms with E-state index in [9.17, 15) is 22.8 Å². The van der Waals surface area contributed by atoms with Crippen molar-refractivity contribution < 1.29 is 22.8 Å². The molecule has 2 aliphatic heterocycles. The van der Waals surface area contributed by atoms with E-state index in [1.54, 1.807) is 24.3 Å². The van der Waals surface area contributed by atoms with Crippen molar-refractivity contribution in [2.24, 2.45) is 0 Å². The van der Waals surface area contributed by atoms with Gasteiger partial charge in [0.05, 0.1) is 18.1 Å². The fourth-order valence-corrected chi connectivity index (χ4v) is 6.20. The molecule has 0 radical (unpaired) electrons. The molecule has 0 unspecified atom stereocenters. The standard InChI is InChI=1S/C22H29N3O5S/c26-19(23-18-5-3-1-2-4-6-18)17-9-7-16(8-10-17)15-25-20(27)22(24-21(25)28)11-13-31(29,30)14-12-22/h7-10,18H,1-6,11-15H2,(H,23,26)(H,24,28). The van der Waals surface area contributed by atoms with Gasteiger partial charge in [-0.1, -0.05) is 37.8 Å². The Balaban J connectivity index is 1.38. The average Bonchev–Trinajstić information content (AvgIpc) is 2.91. The molecule has 3 fully saturated rings. The van der Waals surface area contributed by atoms with Crippen LogP contribution >= 0.6 is 0 Å². The Morgan fingerprint density at radius 3 is 2.26 bits per heavy atom. The van der Waals surface area contributed by atoms with Gasteiger partial charge in [0.1, 0.15) is 5.54 Å². The Labute approximate surface area is 182 Å². The van der Waals surface area contributed by atoms with Crippen LogP contribution < -0.4 is 10.6 Å². The number of hydrogen-bond donors (Lipinski definition) is 2. The van der Waals surface area contributed by atoms with E-state index >= 15 is 0 Å². The van der Waals surface area contributed by atoms with Crippen molar-refractivity contribution in [3.05, 3.63) is 35.4 Å². The quantitative estimate of drug-likeness (QED) is 0.542. The fourth-order valence-electron chi connectivity index (χ4n) is 4.68. The minimum absolute atomic E-state index is 0.0870. The van der Waals surface area contributed by atoms with E-state index in [-0.39, 0.29) is 48.7 Å². The van der Waals surface area contributed by atoms with Gasteiger partial charge in [-0.05, 0) is 43.4 Å². The predicted molar refractivity (Wildman–Crippen MR) is 115 cm³/mol. The van der Waals surface area contributed by atoms with Crippen LogP contribution in [0.25, 0.3) is 0 Å². The molecule has 2 saturated heterocycles. The first-order valence-electron chi connectivity index (χ1n) is 11.0. The molecule has 0 atom stereocenters. The van der Waals surface area contributed by atoms with E-state index in [0.717, 1.165) is 36.1 Å². The maximum Gasteiger partial charge on any atom is 0.325 e. The number of urea groups is 1. The summed E-state index contributed by atoms with van der Waals surface area (Å²) in [5.41, 5.74) is 0.176. The zero-order chi connectivity index (χ0) is 22.1. The van der Waals surface area contributed by atoms with Crippen LogP contribution in [0.4, 0.5) is 4.79 Å². The lowest BCUT2D eigenvalue weighted by atomic mass is 9.92. The number of rotatable bonds is 4. The first-order chi connectivity index (χ1) is 14.8. The van der Waals surface area contributed by atoms with Gasteiger partial charge in [-0.15, -0.1) is 0 Å². The molecule has 3 aliphatic rings. The highest BCUT2D eigenvalue weighted by Crippen LogP contribution is 2.31. The minimum Gasteiger partial charge on any atom is -0.349 e. The number of carbonyl (C=O) groups excluding carboxylic acids is 3. The van der Waals surface area contributed by atoms with Crippen molar-refractivity contribution >= 4 is 27.7 Å². The summed E-state index contributed by atoms with van der Waals surface area (Å²) in [5, 5.41) is 5.83. The first kappa shape index (κ1) is 21.8. The summed E-state index contributed by atoms with van der Waals surface area (Å²) >= 11 is 0. The lowest BCUT2D eigenvalue weighted by Gasteiger charge is -2.30. The Kier molecular flexibility index (Phi) is 6.05. The van der Waals surface area contributed by atoms with Crippen LogP contribution in [0.1, 0.15) is 67.3 Å². The van der Waals surface area contributed by atoms with E-state index in [0.29, 0.717) is 5.56 Å². The third-order valence-corrected chi connectivity index (χ3v) is 8.33. The summed E-state index contributed by atoms with van der Waals surface area (Å²) in [5.74, 6) is -0.673. The Hall–Kier alpha value is -2.42. The van der Waals surface area contributed by atoms with E-state index in [2.05, 4.69) is 10.6 Å². The highest BCUT2D eigenvalue weighted by atomic mass is 32.2. The molecule has 4 amide bonds. The third-order valence-electron chi connectivity index (χ3n) is 6.67. The lowest BCUT2D eigenvalue weighted by molar-refractivity contribution is -0.132. The number of carbonyl (C=O) groups is 3. The van der Waals surface area contributed by atoms with Gasteiger partial charge in [-0.25, -0.2) is 13.2 Å². The van der Waals surface area contributed by atoms with Crippen LogP contribution in [0.15, 0.2) is 24.3 Å². The van der Waals surface area contributed by atoms with Gasteiger partial charge in [0.15, 0.2) is 9.84 Å². The molecule has 1 aromatic carbocycles. The molecule has 1 aliphatic carbocycles. The van der Waals surface area contributed by atoms with Crippen molar-refractivity contribution in [2.45, 2.75) is 69.5 Å². The van der Waals surface area contributed by atoms with Gasteiger partial charge < -0.3 is 10.6 Å². The molecule has 2 N–H and O–H groups in total. The SMILES string of the molecule is O=C(NC1CCCCCC1)c1ccc(CN2C(=O)NC3(CCS(=O)(=O)CC3)C2=O)cc1. The second-order valence-corrected chi connectivity index (χ2v) is 11.2. The molecular formula is C22H29N3O5S. The van der Waals surface area contributed by atoms with Gasteiger partial charge >= 0.3 is 6.03 Å². The van der Waals surface area contributed by atoms with Crippen molar-refractivity contribution in [3.63, 3.8) is 0 Å². The Morgan fingerprint density at radius 1 is 1.03 bits per heavy atom. The summed E-state index contributed by atoms with van der Waals surface area (Å²) in [6.07, 6.45) is 6.97. The number of imide groups is 1. The smallest absolute Gasteiger partial charge is 0.325 e. The Morgan fingerprint density at radius 2 is 1.65 bits per heavy atom. The van der Waals surface area contributed by atoms with Crippen LogP contribution in [-0.4, -0.2) is 54.2 Å². The second kappa shape index (κ2) is 8.61. The van der Waals surface area contributed by atoms with Gasteiger partial charge in [-0.3, -0.25) is 14.5 Å². The number of nitrogens with zero attached hydrogens (tertiary/aromatic N) is 1. The molecule has 0 aromatic heterocycles. The van der Waals surface area contributed by atoms with Crippen molar-refractivity contribution in [1.82, 2.24) is 15.5 Å². The summed E-state index contributed by atoms with van der Waals surface area (Å²) in [7, 11) is -3.15. The molecule has 8 nitrogen and oxygen atoms in total. The van der Waals surface area contributed by atoms with Crippen LogP contribution in [-0.2, 0) is 21.2 Å². The summed E-state index contributed by atoms with van der Waals surface area (Å²) < 4.78 is 23.4. The van der Waals surface area contributed by atoms with Crippen molar-refractivity contribution in [3.8, 4) is 0 Å². The molecule has 1 spiro atoms. The van der Waals surface area contributed by atoms with Crippen LogP contribution in [0.2, 0.25) is 0 Å². The van der Waals surface area contributed by atoms with E-state index in [4.69, 9.17) is 0 Å². The number of benzene rings is 1. The zero-order valence-corrected chi connectivity index (χ0v) is 18.4. The van der Waals surface area contributed by atoms with Gasteiger partial charge in [0.25, 0.3) is 11.8 Å². The summed E-state index contributed by atoms with van der Waals surface area (Å²) in [6.45, 7) is 0.0870. The monoisotopic (exact) mass is 447 g/mol. The molecule has 0 bridgehead atoms. The number of amides is 4. The van der Waals surface area contributed by atoms with Crippen LogP contribution in [0.3, 0.4) is 0 Å². The van der Waals surface area contributed by atoms with E-state index < -0.39 is 21.4 Å². The molecule has 1 saturated carbocycles. The summed E-state index contributed by atoms with van der Waals surface area (Å²) in [4.78, 5) is 39.0.